The van der Waals surface area contributed by atoms with Crippen LogP contribution in [0.4, 0.5) is 4.79 Å². The van der Waals surface area contributed by atoms with Crippen molar-refractivity contribution in [3.05, 3.63) is 35.4 Å². The standard InChI is InChI=1S/C14H19NO3/c1-13(2,3)18-12(16)15-9-10-7-5-6-8-11(10)14(15,4)17/h5-8,17H,9H2,1-4H3. The summed E-state index contributed by atoms with van der Waals surface area (Å²) in [4.78, 5) is 13.4. The number of carbonyl (C=O) groups is 1. The van der Waals surface area contributed by atoms with Crippen LogP contribution < -0.4 is 0 Å². The number of hydrogen-bond acceptors (Lipinski definition) is 3. The van der Waals surface area contributed by atoms with E-state index in [-0.39, 0.29) is 0 Å². The predicted octanol–water partition coefficient (Wildman–Crippen LogP) is 2.60. The van der Waals surface area contributed by atoms with Gasteiger partial charge in [-0.3, -0.25) is 4.90 Å². The van der Waals surface area contributed by atoms with E-state index < -0.39 is 17.4 Å². The minimum absolute atomic E-state index is 0.373. The van der Waals surface area contributed by atoms with Crippen molar-refractivity contribution in [2.45, 2.75) is 45.6 Å². The molecule has 4 nitrogen and oxygen atoms in total. The van der Waals surface area contributed by atoms with Crippen LogP contribution in [0.15, 0.2) is 24.3 Å². The molecule has 4 heteroatoms. The molecule has 0 radical (unpaired) electrons. The molecular weight excluding hydrogens is 230 g/mol. The van der Waals surface area contributed by atoms with Crippen molar-refractivity contribution in [2.75, 3.05) is 0 Å². The van der Waals surface area contributed by atoms with Gasteiger partial charge in [0, 0.05) is 5.56 Å². The molecule has 1 heterocycles. The number of nitrogens with zero attached hydrogens (tertiary/aromatic N) is 1. The Kier molecular flexibility index (Phi) is 2.86. The molecule has 1 N–H and O–H groups in total. The molecule has 1 aromatic rings. The van der Waals surface area contributed by atoms with E-state index in [1.54, 1.807) is 6.92 Å². The molecule has 0 spiro atoms. The predicted molar refractivity (Wildman–Crippen MR) is 67.8 cm³/mol. The highest BCUT2D eigenvalue weighted by molar-refractivity contribution is 5.70. The molecule has 1 aromatic carbocycles. The Labute approximate surface area is 107 Å². The van der Waals surface area contributed by atoms with E-state index in [9.17, 15) is 9.90 Å². The fraction of sp³-hybridized carbons (Fsp3) is 0.500. The van der Waals surface area contributed by atoms with Crippen LogP contribution in [0.1, 0.15) is 38.8 Å². The van der Waals surface area contributed by atoms with E-state index in [1.165, 1.54) is 4.90 Å². The molecule has 1 unspecified atom stereocenters. The van der Waals surface area contributed by atoms with Crippen LogP contribution >= 0.6 is 0 Å². The summed E-state index contributed by atoms with van der Waals surface area (Å²) in [5.41, 5.74) is -0.162. The monoisotopic (exact) mass is 249 g/mol. The van der Waals surface area contributed by atoms with E-state index in [4.69, 9.17) is 4.74 Å². The average molecular weight is 249 g/mol. The Morgan fingerprint density at radius 2 is 2.00 bits per heavy atom. The second-order valence-electron chi connectivity index (χ2n) is 5.74. The van der Waals surface area contributed by atoms with Gasteiger partial charge in [0.15, 0.2) is 5.72 Å². The number of fused-ring (bicyclic) bond motifs is 1. The molecular formula is C14H19NO3. The molecule has 2 rings (SSSR count). The zero-order chi connectivity index (χ0) is 13.6. The van der Waals surface area contributed by atoms with E-state index in [2.05, 4.69) is 0 Å². The number of hydrogen-bond donors (Lipinski definition) is 1. The smallest absolute Gasteiger partial charge is 0.413 e. The summed E-state index contributed by atoms with van der Waals surface area (Å²) >= 11 is 0. The van der Waals surface area contributed by atoms with E-state index in [0.29, 0.717) is 6.54 Å². The maximum absolute atomic E-state index is 12.1. The zero-order valence-electron chi connectivity index (χ0n) is 11.2. The minimum atomic E-state index is -1.31. The second kappa shape index (κ2) is 3.99. The Morgan fingerprint density at radius 1 is 1.39 bits per heavy atom. The second-order valence-corrected chi connectivity index (χ2v) is 5.74. The van der Waals surface area contributed by atoms with E-state index >= 15 is 0 Å². The number of aliphatic hydroxyl groups is 1. The quantitative estimate of drug-likeness (QED) is 0.769. The highest BCUT2D eigenvalue weighted by Crippen LogP contribution is 2.37. The maximum atomic E-state index is 12.1. The third-order valence-corrected chi connectivity index (χ3v) is 3.00. The molecule has 18 heavy (non-hydrogen) atoms. The van der Waals surface area contributed by atoms with Gasteiger partial charge >= 0.3 is 6.09 Å². The Bertz CT molecular complexity index is 474. The van der Waals surface area contributed by atoms with Gasteiger partial charge in [0.05, 0.1) is 6.54 Å². The first-order chi connectivity index (χ1) is 8.22. The van der Waals surface area contributed by atoms with Gasteiger partial charge in [-0.15, -0.1) is 0 Å². The Morgan fingerprint density at radius 3 is 2.56 bits per heavy atom. The summed E-state index contributed by atoms with van der Waals surface area (Å²) in [5, 5.41) is 10.5. The van der Waals surface area contributed by atoms with E-state index in [1.807, 2.05) is 45.0 Å². The lowest BCUT2D eigenvalue weighted by Crippen LogP contribution is -2.44. The van der Waals surface area contributed by atoms with Gasteiger partial charge in [0.2, 0.25) is 0 Å². The minimum Gasteiger partial charge on any atom is -0.444 e. The maximum Gasteiger partial charge on any atom is 0.413 e. The van der Waals surface area contributed by atoms with Crippen LogP contribution in [0.5, 0.6) is 0 Å². The lowest BCUT2D eigenvalue weighted by atomic mass is 10.0. The molecule has 0 saturated carbocycles. The van der Waals surface area contributed by atoms with Crippen LogP contribution in [0, 0.1) is 0 Å². The molecule has 1 aliphatic heterocycles. The van der Waals surface area contributed by atoms with Gasteiger partial charge in [0.25, 0.3) is 0 Å². The van der Waals surface area contributed by atoms with Crippen LogP contribution in [-0.4, -0.2) is 21.7 Å². The molecule has 0 fully saturated rings. The molecule has 1 aliphatic rings. The van der Waals surface area contributed by atoms with Crippen molar-refractivity contribution < 1.29 is 14.6 Å². The Hall–Kier alpha value is -1.55. The molecule has 1 atom stereocenters. The van der Waals surface area contributed by atoms with Crippen molar-refractivity contribution in [1.82, 2.24) is 4.90 Å². The first kappa shape index (κ1) is 12.9. The first-order valence-corrected chi connectivity index (χ1v) is 6.03. The number of amides is 1. The van der Waals surface area contributed by atoms with Crippen LogP contribution in [-0.2, 0) is 17.0 Å². The number of ether oxygens (including phenoxy) is 1. The van der Waals surface area contributed by atoms with Gasteiger partial charge in [-0.1, -0.05) is 24.3 Å². The summed E-state index contributed by atoms with van der Waals surface area (Å²) in [5.74, 6) is 0. The molecule has 98 valence electrons. The summed E-state index contributed by atoms with van der Waals surface area (Å²) in [6.07, 6.45) is -0.497. The number of benzene rings is 1. The van der Waals surface area contributed by atoms with Crippen molar-refractivity contribution in [3.8, 4) is 0 Å². The van der Waals surface area contributed by atoms with Gasteiger partial charge < -0.3 is 9.84 Å². The molecule has 0 aromatic heterocycles. The highest BCUT2D eigenvalue weighted by atomic mass is 16.6. The summed E-state index contributed by atoms with van der Waals surface area (Å²) in [7, 11) is 0. The molecule has 0 aliphatic carbocycles. The third-order valence-electron chi connectivity index (χ3n) is 3.00. The SMILES string of the molecule is CC(C)(C)OC(=O)N1Cc2ccccc2C1(C)O. The van der Waals surface area contributed by atoms with Crippen molar-refractivity contribution in [3.63, 3.8) is 0 Å². The van der Waals surface area contributed by atoms with Gasteiger partial charge in [-0.2, -0.15) is 0 Å². The summed E-state index contributed by atoms with van der Waals surface area (Å²) < 4.78 is 5.32. The third kappa shape index (κ3) is 2.20. The molecule has 0 saturated heterocycles. The van der Waals surface area contributed by atoms with Gasteiger partial charge in [0.1, 0.15) is 5.60 Å². The fourth-order valence-corrected chi connectivity index (χ4v) is 2.15. The lowest BCUT2D eigenvalue weighted by Gasteiger charge is -2.32. The van der Waals surface area contributed by atoms with Crippen LogP contribution in [0.3, 0.4) is 0 Å². The number of rotatable bonds is 0. The highest BCUT2D eigenvalue weighted by Gasteiger charge is 2.43. The average Bonchev–Trinajstić information content (AvgIpc) is 2.49. The van der Waals surface area contributed by atoms with Crippen molar-refractivity contribution in [2.24, 2.45) is 0 Å². The molecule has 1 amide bonds. The van der Waals surface area contributed by atoms with Crippen molar-refractivity contribution >= 4 is 6.09 Å². The van der Waals surface area contributed by atoms with Crippen molar-refractivity contribution in [1.29, 1.82) is 0 Å². The molecule has 0 bridgehead atoms. The summed E-state index contributed by atoms with van der Waals surface area (Å²) in [6.45, 7) is 7.41. The van der Waals surface area contributed by atoms with Crippen LogP contribution in [0.25, 0.3) is 0 Å². The van der Waals surface area contributed by atoms with E-state index in [0.717, 1.165) is 11.1 Å². The fourth-order valence-electron chi connectivity index (χ4n) is 2.15. The Balaban J connectivity index is 2.26. The number of carbonyl (C=O) groups excluding carboxylic acids is 1. The van der Waals surface area contributed by atoms with Gasteiger partial charge in [-0.05, 0) is 33.3 Å². The van der Waals surface area contributed by atoms with Gasteiger partial charge in [-0.25, -0.2) is 4.79 Å². The summed E-state index contributed by atoms with van der Waals surface area (Å²) in [6, 6.07) is 7.49. The zero-order valence-corrected chi connectivity index (χ0v) is 11.2. The largest absolute Gasteiger partial charge is 0.444 e. The normalized spacial score (nSPS) is 22.8. The van der Waals surface area contributed by atoms with Crippen LogP contribution in [0.2, 0.25) is 0 Å². The first-order valence-electron chi connectivity index (χ1n) is 6.03. The lowest BCUT2D eigenvalue weighted by molar-refractivity contribution is -0.0914. The topological polar surface area (TPSA) is 49.8 Å².